The Kier molecular flexibility index (Phi) is 5.98. The molecule has 126 valence electrons. The number of nitrogens with zero attached hydrogens (tertiary/aromatic N) is 2. The first-order valence-corrected chi connectivity index (χ1v) is 7.96. The first-order valence-electron chi connectivity index (χ1n) is 7.96. The minimum Gasteiger partial charge on any atom is -0.495 e. The third-order valence-electron chi connectivity index (χ3n) is 4.20. The Hall–Kier alpha value is -2.08. The van der Waals surface area contributed by atoms with E-state index in [-0.39, 0.29) is 24.2 Å². The molecule has 6 nitrogen and oxygen atoms in total. The van der Waals surface area contributed by atoms with E-state index >= 15 is 0 Å². The van der Waals surface area contributed by atoms with Crippen molar-refractivity contribution in [2.75, 3.05) is 45.2 Å². The Morgan fingerprint density at radius 1 is 1.43 bits per heavy atom. The molecule has 1 N–H and O–H groups in total. The molecule has 2 rings (SSSR count). The molecule has 1 atom stereocenters. The maximum Gasteiger partial charge on any atom is 0.227 e. The van der Waals surface area contributed by atoms with Crippen molar-refractivity contribution in [2.45, 2.75) is 13.3 Å². The lowest BCUT2D eigenvalue weighted by Crippen LogP contribution is -2.37. The molecule has 2 amide bonds. The number of anilines is 1. The summed E-state index contributed by atoms with van der Waals surface area (Å²) in [6, 6.07) is 7.38. The maximum atomic E-state index is 12.3. The molecule has 23 heavy (non-hydrogen) atoms. The standard InChI is InChI=1S/C17H25N3O3/c1-4-19(2)10-9-18-17(22)13-11-16(21)20(12-13)14-7-5-6-8-15(14)23-3/h5-8,13H,4,9-12H2,1-3H3,(H,18,22)/t13-/m0/s1. The van der Waals surface area contributed by atoms with E-state index in [2.05, 4.69) is 17.1 Å². The summed E-state index contributed by atoms with van der Waals surface area (Å²) in [6.45, 7) is 4.82. The van der Waals surface area contributed by atoms with Crippen LogP contribution < -0.4 is 15.0 Å². The van der Waals surface area contributed by atoms with Crippen molar-refractivity contribution in [2.24, 2.45) is 5.92 Å². The van der Waals surface area contributed by atoms with Crippen LogP contribution in [0, 0.1) is 5.92 Å². The number of para-hydroxylation sites is 2. The molecule has 0 spiro atoms. The molecule has 0 unspecified atom stereocenters. The van der Waals surface area contributed by atoms with E-state index < -0.39 is 0 Å². The third-order valence-corrected chi connectivity index (χ3v) is 4.20. The molecule has 0 aromatic heterocycles. The predicted molar refractivity (Wildman–Crippen MR) is 89.6 cm³/mol. The summed E-state index contributed by atoms with van der Waals surface area (Å²) in [4.78, 5) is 28.3. The lowest BCUT2D eigenvalue weighted by Gasteiger charge is -2.19. The van der Waals surface area contributed by atoms with E-state index in [0.717, 1.165) is 18.8 Å². The number of carbonyl (C=O) groups is 2. The van der Waals surface area contributed by atoms with Crippen LogP contribution in [0.1, 0.15) is 13.3 Å². The summed E-state index contributed by atoms with van der Waals surface area (Å²) in [7, 11) is 3.59. The van der Waals surface area contributed by atoms with Crippen LogP contribution in [-0.4, -0.2) is 57.1 Å². The first-order chi connectivity index (χ1) is 11.1. The molecule has 1 heterocycles. The van der Waals surface area contributed by atoms with Crippen molar-refractivity contribution in [3.05, 3.63) is 24.3 Å². The summed E-state index contributed by atoms with van der Waals surface area (Å²) in [6.07, 6.45) is 0.244. The normalized spacial score (nSPS) is 17.7. The quantitative estimate of drug-likeness (QED) is 0.818. The highest BCUT2D eigenvalue weighted by Crippen LogP contribution is 2.32. The Balaban J connectivity index is 1.95. The number of methoxy groups -OCH3 is 1. The Bertz CT molecular complexity index is 562. The molecule has 1 aliphatic heterocycles. The molecule has 1 aromatic carbocycles. The van der Waals surface area contributed by atoms with Gasteiger partial charge in [-0.1, -0.05) is 19.1 Å². The van der Waals surface area contributed by atoms with Gasteiger partial charge < -0.3 is 19.9 Å². The molecule has 1 saturated heterocycles. The van der Waals surface area contributed by atoms with E-state index in [1.165, 1.54) is 0 Å². The van der Waals surface area contributed by atoms with Crippen LogP contribution in [0.2, 0.25) is 0 Å². The van der Waals surface area contributed by atoms with Crippen molar-refractivity contribution in [1.82, 2.24) is 10.2 Å². The van der Waals surface area contributed by atoms with Crippen molar-refractivity contribution >= 4 is 17.5 Å². The highest BCUT2D eigenvalue weighted by Gasteiger charge is 2.36. The number of carbonyl (C=O) groups excluding carboxylic acids is 2. The smallest absolute Gasteiger partial charge is 0.227 e. The fourth-order valence-electron chi connectivity index (χ4n) is 2.64. The first kappa shape index (κ1) is 17.3. The van der Waals surface area contributed by atoms with Gasteiger partial charge in [0, 0.05) is 26.1 Å². The monoisotopic (exact) mass is 319 g/mol. The lowest BCUT2D eigenvalue weighted by molar-refractivity contribution is -0.126. The van der Waals surface area contributed by atoms with Crippen molar-refractivity contribution in [3.63, 3.8) is 0 Å². The molecule has 1 fully saturated rings. The molecular weight excluding hydrogens is 294 g/mol. The average molecular weight is 319 g/mol. The van der Waals surface area contributed by atoms with E-state index in [1.54, 1.807) is 12.0 Å². The minimum absolute atomic E-state index is 0.0414. The van der Waals surface area contributed by atoms with Crippen LogP contribution >= 0.6 is 0 Å². The van der Waals surface area contributed by atoms with Crippen molar-refractivity contribution in [3.8, 4) is 5.75 Å². The van der Waals surface area contributed by atoms with E-state index in [1.807, 2.05) is 31.3 Å². The summed E-state index contributed by atoms with van der Waals surface area (Å²) in [5.41, 5.74) is 0.723. The van der Waals surface area contributed by atoms with Crippen molar-refractivity contribution < 1.29 is 14.3 Å². The van der Waals surface area contributed by atoms with Crippen LogP contribution in [0.15, 0.2) is 24.3 Å². The third kappa shape index (κ3) is 4.22. The van der Waals surface area contributed by atoms with E-state index in [4.69, 9.17) is 4.74 Å². The van der Waals surface area contributed by atoms with Gasteiger partial charge in [0.25, 0.3) is 0 Å². The van der Waals surface area contributed by atoms with Gasteiger partial charge in [0.1, 0.15) is 5.75 Å². The molecule has 0 aliphatic carbocycles. The number of likely N-dealkylation sites (N-methyl/N-ethyl adjacent to an activating group) is 1. The van der Waals surface area contributed by atoms with E-state index in [9.17, 15) is 9.59 Å². The van der Waals surface area contributed by atoms with Crippen molar-refractivity contribution in [1.29, 1.82) is 0 Å². The lowest BCUT2D eigenvalue weighted by atomic mass is 10.1. The van der Waals surface area contributed by atoms with Crippen LogP contribution in [0.5, 0.6) is 5.75 Å². The molecule has 1 aromatic rings. The van der Waals surface area contributed by atoms with Gasteiger partial charge in [-0.2, -0.15) is 0 Å². The number of amides is 2. The predicted octanol–water partition coefficient (Wildman–Crippen LogP) is 1.12. The summed E-state index contributed by atoms with van der Waals surface area (Å²) >= 11 is 0. The topological polar surface area (TPSA) is 61.9 Å². The highest BCUT2D eigenvalue weighted by molar-refractivity contribution is 6.01. The van der Waals surface area contributed by atoms with Gasteiger partial charge in [-0.05, 0) is 25.7 Å². The second-order valence-electron chi connectivity index (χ2n) is 5.76. The van der Waals surface area contributed by atoms with Gasteiger partial charge in [-0.25, -0.2) is 0 Å². The molecule has 0 saturated carbocycles. The molecular formula is C17H25N3O3. The largest absolute Gasteiger partial charge is 0.495 e. The minimum atomic E-state index is -0.306. The fraction of sp³-hybridized carbons (Fsp3) is 0.529. The molecule has 6 heteroatoms. The van der Waals surface area contributed by atoms with Gasteiger partial charge >= 0.3 is 0 Å². The fourth-order valence-corrected chi connectivity index (χ4v) is 2.64. The van der Waals surface area contributed by atoms with Gasteiger partial charge in [-0.15, -0.1) is 0 Å². The maximum absolute atomic E-state index is 12.3. The molecule has 0 radical (unpaired) electrons. The van der Waals surface area contributed by atoms with Gasteiger partial charge in [0.15, 0.2) is 0 Å². The Morgan fingerprint density at radius 3 is 2.87 bits per heavy atom. The number of ether oxygens (including phenoxy) is 1. The number of rotatable bonds is 7. The van der Waals surface area contributed by atoms with Crippen LogP contribution in [0.4, 0.5) is 5.69 Å². The van der Waals surface area contributed by atoms with Crippen LogP contribution in [0.25, 0.3) is 0 Å². The second kappa shape index (κ2) is 7.97. The Labute approximate surface area is 137 Å². The summed E-state index contributed by atoms with van der Waals surface area (Å²) in [5, 5.41) is 2.92. The summed E-state index contributed by atoms with van der Waals surface area (Å²) in [5.74, 6) is 0.242. The molecule has 0 bridgehead atoms. The number of benzene rings is 1. The zero-order chi connectivity index (χ0) is 16.8. The summed E-state index contributed by atoms with van der Waals surface area (Å²) < 4.78 is 5.31. The number of hydrogen-bond acceptors (Lipinski definition) is 4. The van der Waals surface area contributed by atoms with Crippen LogP contribution in [0.3, 0.4) is 0 Å². The van der Waals surface area contributed by atoms with Crippen LogP contribution in [-0.2, 0) is 9.59 Å². The molecule has 1 aliphatic rings. The zero-order valence-corrected chi connectivity index (χ0v) is 14.0. The highest BCUT2D eigenvalue weighted by atomic mass is 16.5. The zero-order valence-electron chi connectivity index (χ0n) is 14.0. The SMILES string of the molecule is CCN(C)CCNC(=O)[C@H]1CC(=O)N(c2ccccc2OC)C1. The Morgan fingerprint density at radius 2 is 2.17 bits per heavy atom. The van der Waals surface area contributed by atoms with Gasteiger partial charge in [0.2, 0.25) is 11.8 Å². The number of hydrogen-bond donors (Lipinski definition) is 1. The van der Waals surface area contributed by atoms with E-state index in [0.29, 0.717) is 18.8 Å². The second-order valence-corrected chi connectivity index (χ2v) is 5.76. The number of nitrogens with one attached hydrogen (secondary N) is 1. The average Bonchev–Trinajstić information content (AvgIpc) is 2.96. The van der Waals surface area contributed by atoms with Gasteiger partial charge in [0.05, 0.1) is 18.7 Å². The van der Waals surface area contributed by atoms with Gasteiger partial charge in [-0.3, -0.25) is 9.59 Å².